The molecule has 4 rings (SSSR count). The quantitative estimate of drug-likeness (QED) is 0.406. The first-order chi connectivity index (χ1) is 15.9. The normalized spacial score (nSPS) is 11.9. The van der Waals surface area contributed by atoms with Crippen LogP contribution in [0.5, 0.6) is 0 Å². The fraction of sp³-hybridized carbons (Fsp3) is 0.160. The molecule has 1 aromatic heterocycles. The highest BCUT2D eigenvalue weighted by Gasteiger charge is 2.26. The molecule has 0 fully saturated rings. The minimum absolute atomic E-state index is 0.0758. The molecule has 0 aliphatic carbocycles. The second-order valence-corrected chi connectivity index (χ2v) is 7.92. The van der Waals surface area contributed by atoms with E-state index in [4.69, 9.17) is 16.6 Å². The summed E-state index contributed by atoms with van der Waals surface area (Å²) in [5, 5.41) is 3.53. The Balaban J connectivity index is 1.83. The highest BCUT2D eigenvalue weighted by Crippen LogP contribution is 2.25. The van der Waals surface area contributed by atoms with E-state index in [0.717, 1.165) is 0 Å². The van der Waals surface area contributed by atoms with Crippen LogP contribution in [0.3, 0.4) is 0 Å². The lowest BCUT2D eigenvalue weighted by molar-refractivity contribution is 0.193. The third kappa shape index (κ3) is 4.45. The van der Waals surface area contributed by atoms with Crippen LogP contribution in [0.1, 0.15) is 25.7 Å². The molecule has 0 radical (unpaired) electrons. The SMILES string of the molecule is CCN(C(=O)Nc1ccccc1F)C(C)c1nc2ccccc2c(=O)n1-c1cccc(Cl)c1. The van der Waals surface area contributed by atoms with Crippen molar-refractivity contribution in [2.24, 2.45) is 0 Å². The fourth-order valence-corrected chi connectivity index (χ4v) is 3.96. The Morgan fingerprint density at radius 3 is 2.58 bits per heavy atom. The third-order valence-corrected chi connectivity index (χ3v) is 5.66. The Hall–Kier alpha value is -3.71. The van der Waals surface area contributed by atoms with Crippen molar-refractivity contribution in [3.63, 3.8) is 0 Å². The third-order valence-electron chi connectivity index (χ3n) is 5.43. The lowest BCUT2D eigenvalue weighted by Crippen LogP contribution is -2.39. The summed E-state index contributed by atoms with van der Waals surface area (Å²) in [6.07, 6.45) is 0. The van der Waals surface area contributed by atoms with E-state index < -0.39 is 17.9 Å². The van der Waals surface area contributed by atoms with Crippen LogP contribution in [0.25, 0.3) is 16.6 Å². The van der Waals surface area contributed by atoms with Crippen LogP contribution in [-0.4, -0.2) is 27.0 Å². The van der Waals surface area contributed by atoms with Gasteiger partial charge < -0.3 is 10.2 Å². The zero-order valence-electron chi connectivity index (χ0n) is 18.1. The molecule has 2 amide bonds. The van der Waals surface area contributed by atoms with E-state index in [1.165, 1.54) is 21.6 Å². The summed E-state index contributed by atoms with van der Waals surface area (Å²) >= 11 is 6.20. The van der Waals surface area contributed by atoms with Gasteiger partial charge in [0.2, 0.25) is 0 Å². The van der Waals surface area contributed by atoms with Gasteiger partial charge in [-0.1, -0.05) is 41.9 Å². The van der Waals surface area contributed by atoms with Gasteiger partial charge in [-0.15, -0.1) is 0 Å². The van der Waals surface area contributed by atoms with E-state index in [-0.39, 0.29) is 11.2 Å². The first kappa shape index (κ1) is 22.5. The summed E-state index contributed by atoms with van der Waals surface area (Å²) in [6.45, 7) is 3.89. The van der Waals surface area contributed by atoms with Gasteiger partial charge in [0.15, 0.2) is 0 Å². The van der Waals surface area contributed by atoms with Crippen molar-refractivity contribution in [2.45, 2.75) is 19.9 Å². The molecule has 33 heavy (non-hydrogen) atoms. The molecule has 1 atom stereocenters. The Morgan fingerprint density at radius 1 is 1.12 bits per heavy atom. The van der Waals surface area contributed by atoms with Crippen LogP contribution >= 0.6 is 11.6 Å². The molecule has 6 nitrogen and oxygen atoms in total. The highest BCUT2D eigenvalue weighted by molar-refractivity contribution is 6.30. The molecule has 1 N–H and O–H groups in total. The van der Waals surface area contributed by atoms with Gasteiger partial charge >= 0.3 is 6.03 Å². The molecule has 1 heterocycles. The molecule has 0 bridgehead atoms. The van der Waals surface area contributed by atoms with Gasteiger partial charge in [0.25, 0.3) is 5.56 Å². The molecule has 0 saturated heterocycles. The smallest absolute Gasteiger partial charge is 0.315 e. The number of carbonyl (C=O) groups is 1. The molecule has 0 aliphatic heterocycles. The van der Waals surface area contributed by atoms with Crippen molar-refractivity contribution in [1.82, 2.24) is 14.5 Å². The van der Waals surface area contributed by atoms with Gasteiger partial charge in [-0.25, -0.2) is 14.2 Å². The number of urea groups is 1. The number of para-hydroxylation sites is 2. The number of amides is 2. The van der Waals surface area contributed by atoms with Crippen molar-refractivity contribution in [3.8, 4) is 5.69 Å². The number of rotatable bonds is 5. The lowest BCUT2D eigenvalue weighted by Gasteiger charge is -2.29. The molecule has 0 aliphatic rings. The van der Waals surface area contributed by atoms with Crippen molar-refractivity contribution in [1.29, 1.82) is 0 Å². The van der Waals surface area contributed by atoms with Gasteiger partial charge in [0.1, 0.15) is 11.6 Å². The first-order valence-corrected chi connectivity index (χ1v) is 10.9. The van der Waals surface area contributed by atoms with Crippen LogP contribution in [0.4, 0.5) is 14.9 Å². The molecule has 3 aromatic carbocycles. The molecular weight excluding hydrogens is 443 g/mol. The molecule has 4 aromatic rings. The van der Waals surface area contributed by atoms with E-state index in [9.17, 15) is 14.0 Å². The fourth-order valence-electron chi connectivity index (χ4n) is 3.78. The number of anilines is 1. The maximum absolute atomic E-state index is 14.1. The number of halogens is 2. The zero-order chi connectivity index (χ0) is 23.5. The monoisotopic (exact) mass is 464 g/mol. The van der Waals surface area contributed by atoms with Crippen LogP contribution in [0.15, 0.2) is 77.6 Å². The largest absolute Gasteiger partial charge is 0.322 e. The maximum Gasteiger partial charge on any atom is 0.322 e. The number of carbonyl (C=O) groups excluding carboxylic acids is 1. The van der Waals surface area contributed by atoms with Crippen LogP contribution in [-0.2, 0) is 0 Å². The van der Waals surface area contributed by atoms with Crippen LogP contribution < -0.4 is 10.9 Å². The molecule has 0 spiro atoms. The number of benzene rings is 3. The minimum atomic E-state index is -0.613. The molecule has 0 saturated carbocycles. The van der Waals surface area contributed by atoms with E-state index in [2.05, 4.69) is 5.32 Å². The Kier molecular flexibility index (Phi) is 6.42. The van der Waals surface area contributed by atoms with Crippen molar-refractivity contribution >= 4 is 34.2 Å². The number of fused-ring (bicyclic) bond motifs is 1. The van der Waals surface area contributed by atoms with Crippen molar-refractivity contribution in [3.05, 3.63) is 99.8 Å². The average Bonchev–Trinajstić information content (AvgIpc) is 2.81. The second kappa shape index (κ2) is 9.42. The average molecular weight is 465 g/mol. The number of nitrogens with zero attached hydrogens (tertiary/aromatic N) is 3. The number of aromatic nitrogens is 2. The summed E-state index contributed by atoms with van der Waals surface area (Å²) in [7, 11) is 0. The predicted molar refractivity (Wildman–Crippen MR) is 129 cm³/mol. The summed E-state index contributed by atoms with van der Waals surface area (Å²) in [5.41, 5.74) is 0.869. The Labute approximate surface area is 195 Å². The summed E-state index contributed by atoms with van der Waals surface area (Å²) in [6, 6.07) is 18.8. The van der Waals surface area contributed by atoms with Gasteiger partial charge in [0, 0.05) is 11.6 Å². The topological polar surface area (TPSA) is 67.2 Å². The predicted octanol–water partition coefficient (Wildman–Crippen LogP) is 5.79. The Morgan fingerprint density at radius 2 is 1.85 bits per heavy atom. The van der Waals surface area contributed by atoms with E-state index in [1.54, 1.807) is 74.5 Å². The van der Waals surface area contributed by atoms with Crippen LogP contribution in [0.2, 0.25) is 5.02 Å². The number of hydrogen-bond donors (Lipinski definition) is 1. The maximum atomic E-state index is 14.1. The summed E-state index contributed by atoms with van der Waals surface area (Å²) in [5.74, 6) is -0.166. The molecule has 168 valence electrons. The summed E-state index contributed by atoms with van der Waals surface area (Å²) < 4.78 is 15.6. The number of hydrogen-bond acceptors (Lipinski definition) is 3. The summed E-state index contributed by atoms with van der Waals surface area (Å²) in [4.78, 5) is 32.8. The van der Waals surface area contributed by atoms with Crippen molar-refractivity contribution in [2.75, 3.05) is 11.9 Å². The van der Waals surface area contributed by atoms with E-state index in [0.29, 0.717) is 34.0 Å². The van der Waals surface area contributed by atoms with Gasteiger partial charge in [0.05, 0.1) is 28.3 Å². The molecule has 8 heteroatoms. The first-order valence-electron chi connectivity index (χ1n) is 10.5. The second-order valence-electron chi connectivity index (χ2n) is 7.48. The van der Waals surface area contributed by atoms with E-state index in [1.807, 2.05) is 0 Å². The standard InChI is InChI=1S/C25H22ClFN4O2/c1-3-30(25(33)29-22-14-7-5-12-20(22)27)16(2)23-28-21-13-6-4-11-19(21)24(32)31(23)18-10-8-9-17(26)15-18/h4-16H,3H2,1-2H3,(H,29,33). The van der Waals surface area contributed by atoms with E-state index >= 15 is 0 Å². The Bertz CT molecular complexity index is 1390. The lowest BCUT2D eigenvalue weighted by atomic mass is 10.2. The molecule has 1 unspecified atom stereocenters. The van der Waals surface area contributed by atoms with Gasteiger partial charge in [-0.05, 0) is 56.3 Å². The van der Waals surface area contributed by atoms with Gasteiger partial charge in [-0.2, -0.15) is 0 Å². The minimum Gasteiger partial charge on any atom is -0.315 e. The van der Waals surface area contributed by atoms with Gasteiger partial charge in [-0.3, -0.25) is 9.36 Å². The van der Waals surface area contributed by atoms with Crippen LogP contribution in [0, 0.1) is 5.82 Å². The molecular formula is C25H22ClFN4O2. The van der Waals surface area contributed by atoms with Crippen molar-refractivity contribution < 1.29 is 9.18 Å². The number of nitrogens with one attached hydrogen (secondary N) is 1. The zero-order valence-corrected chi connectivity index (χ0v) is 18.9. The highest BCUT2D eigenvalue weighted by atomic mass is 35.5.